The zero-order chi connectivity index (χ0) is 23.4. The molecule has 0 saturated carbocycles. The minimum absolute atomic E-state index is 0.0562. The molecule has 0 radical (unpaired) electrons. The molecule has 1 N–H and O–H groups in total. The number of likely N-dealkylation sites (tertiary alicyclic amines) is 1. The predicted octanol–water partition coefficient (Wildman–Crippen LogP) is 3.47. The summed E-state index contributed by atoms with van der Waals surface area (Å²) in [4.78, 5) is 27.0. The average molecular weight is 491 g/mol. The fourth-order valence-corrected chi connectivity index (χ4v) is 4.99. The lowest BCUT2D eigenvalue weighted by atomic mass is 9.99. The van der Waals surface area contributed by atoms with Crippen molar-refractivity contribution in [3.63, 3.8) is 0 Å². The Morgan fingerprint density at radius 1 is 1.24 bits per heavy atom. The van der Waals surface area contributed by atoms with E-state index in [0.717, 1.165) is 25.9 Å². The second kappa shape index (κ2) is 10.3. The minimum atomic E-state index is -0.515. The number of thioether (sulfide) groups is 1. The van der Waals surface area contributed by atoms with E-state index in [1.807, 2.05) is 4.90 Å². The second-order valence-corrected chi connectivity index (χ2v) is 9.85. The number of benzene rings is 1. The number of hydrogen-bond donors (Lipinski definition) is 1. The lowest BCUT2D eigenvalue weighted by Gasteiger charge is -2.30. The van der Waals surface area contributed by atoms with Gasteiger partial charge in [-0.25, -0.2) is 9.07 Å². The van der Waals surface area contributed by atoms with E-state index < -0.39 is 5.91 Å². The van der Waals surface area contributed by atoms with Crippen molar-refractivity contribution in [2.75, 3.05) is 31.3 Å². The van der Waals surface area contributed by atoms with Gasteiger partial charge >= 0.3 is 0 Å². The highest BCUT2D eigenvalue weighted by molar-refractivity contribution is 8.01. The van der Waals surface area contributed by atoms with Crippen molar-refractivity contribution in [2.45, 2.75) is 24.1 Å². The summed E-state index contributed by atoms with van der Waals surface area (Å²) >= 11 is 2.49. The van der Waals surface area contributed by atoms with E-state index in [4.69, 9.17) is 4.74 Å². The van der Waals surface area contributed by atoms with Crippen LogP contribution in [0.15, 0.2) is 34.8 Å². The van der Waals surface area contributed by atoms with Crippen molar-refractivity contribution in [3.8, 4) is 11.4 Å². The molecule has 12 heteroatoms. The molecule has 1 aromatic carbocycles. The number of amides is 2. The van der Waals surface area contributed by atoms with E-state index in [0.29, 0.717) is 21.1 Å². The normalized spacial score (nSPS) is 14.3. The molecule has 1 aliphatic rings. The Kier molecular flexibility index (Phi) is 7.23. The topological polar surface area (TPSA) is 102 Å². The summed E-state index contributed by atoms with van der Waals surface area (Å²) in [6.07, 6.45) is 3.61. The van der Waals surface area contributed by atoms with Crippen molar-refractivity contribution in [1.82, 2.24) is 24.9 Å². The molecule has 2 amide bonds. The molecule has 0 atom stereocenters. The Morgan fingerprint density at radius 2 is 1.97 bits per heavy atom. The summed E-state index contributed by atoms with van der Waals surface area (Å²) < 4.78 is 20.5. The maximum Gasteiger partial charge on any atom is 0.281 e. The zero-order valence-electron chi connectivity index (χ0n) is 18.2. The molecule has 0 bridgehead atoms. The molecule has 3 heterocycles. The van der Waals surface area contributed by atoms with Crippen molar-refractivity contribution in [3.05, 3.63) is 42.0 Å². The standard InChI is InChI=1S/C21H23FN6O3S2/c1-13-7-9-27(10-8-13)17(29)12-32-21-25-24-20(33-21)23-19(30)18-16(31-2)11-28(26-18)15-5-3-14(22)4-6-15/h3-6,11,13H,7-10,12H2,1-2H3,(H,23,24,30). The zero-order valence-corrected chi connectivity index (χ0v) is 19.8. The third-order valence-corrected chi connectivity index (χ3v) is 7.25. The third kappa shape index (κ3) is 5.69. The van der Waals surface area contributed by atoms with Crippen LogP contribution in [-0.2, 0) is 4.79 Å². The number of aromatic nitrogens is 4. The second-order valence-electron chi connectivity index (χ2n) is 7.65. The average Bonchev–Trinajstić information content (AvgIpc) is 3.45. The Morgan fingerprint density at radius 3 is 2.67 bits per heavy atom. The molecule has 1 aliphatic heterocycles. The van der Waals surface area contributed by atoms with Crippen LogP contribution in [0.5, 0.6) is 5.75 Å². The van der Waals surface area contributed by atoms with Crippen LogP contribution in [0.2, 0.25) is 0 Å². The first kappa shape index (κ1) is 23.2. The molecule has 33 heavy (non-hydrogen) atoms. The van der Waals surface area contributed by atoms with E-state index in [-0.39, 0.29) is 28.9 Å². The summed E-state index contributed by atoms with van der Waals surface area (Å²) in [5.41, 5.74) is 0.636. The van der Waals surface area contributed by atoms with Crippen LogP contribution >= 0.6 is 23.1 Å². The Labute approximate surface area is 198 Å². The van der Waals surface area contributed by atoms with Crippen LogP contribution in [-0.4, -0.2) is 62.6 Å². The highest BCUT2D eigenvalue weighted by Gasteiger charge is 2.22. The number of halogens is 1. The SMILES string of the molecule is COc1cn(-c2ccc(F)cc2)nc1C(=O)Nc1nnc(SCC(=O)N2CCC(C)CC2)s1. The molecular formula is C21H23FN6O3S2. The van der Waals surface area contributed by atoms with Crippen LogP contribution < -0.4 is 10.1 Å². The van der Waals surface area contributed by atoms with Crippen molar-refractivity contribution in [2.24, 2.45) is 5.92 Å². The highest BCUT2D eigenvalue weighted by Crippen LogP contribution is 2.28. The van der Waals surface area contributed by atoms with Crippen LogP contribution in [0, 0.1) is 11.7 Å². The number of rotatable bonds is 7. The van der Waals surface area contributed by atoms with Gasteiger partial charge < -0.3 is 9.64 Å². The van der Waals surface area contributed by atoms with Gasteiger partial charge in [0.1, 0.15) is 5.82 Å². The number of hydrogen-bond acceptors (Lipinski definition) is 8. The first-order valence-corrected chi connectivity index (χ1v) is 12.2. The van der Waals surface area contributed by atoms with Crippen molar-refractivity contribution >= 4 is 40.0 Å². The van der Waals surface area contributed by atoms with Gasteiger partial charge in [0, 0.05) is 13.1 Å². The largest absolute Gasteiger partial charge is 0.493 e. The van der Waals surface area contributed by atoms with Gasteiger partial charge in [-0.15, -0.1) is 10.2 Å². The molecule has 0 unspecified atom stereocenters. The van der Waals surface area contributed by atoms with Gasteiger partial charge in [-0.05, 0) is 43.0 Å². The number of carbonyl (C=O) groups is 2. The molecule has 4 rings (SSSR count). The van der Waals surface area contributed by atoms with Crippen LogP contribution in [0.25, 0.3) is 5.69 Å². The lowest BCUT2D eigenvalue weighted by molar-refractivity contribution is -0.129. The molecule has 1 saturated heterocycles. The van der Waals surface area contributed by atoms with Crippen molar-refractivity contribution in [1.29, 1.82) is 0 Å². The predicted molar refractivity (Wildman–Crippen MR) is 124 cm³/mol. The van der Waals surface area contributed by atoms with Crippen LogP contribution in [0.1, 0.15) is 30.3 Å². The number of piperidine rings is 1. The summed E-state index contributed by atoms with van der Waals surface area (Å²) in [6, 6.07) is 5.70. The van der Waals surface area contributed by atoms with Gasteiger partial charge in [-0.3, -0.25) is 14.9 Å². The number of methoxy groups -OCH3 is 1. The van der Waals surface area contributed by atoms with Gasteiger partial charge in [0.15, 0.2) is 15.8 Å². The maximum absolute atomic E-state index is 13.2. The van der Waals surface area contributed by atoms with E-state index >= 15 is 0 Å². The first-order valence-electron chi connectivity index (χ1n) is 10.4. The van der Waals surface area contributed by atoms with Gasteiger partial charge in [0.2, 0.25) is 11.0 Å². The molecule has 2 aromatic heterocycles. The smallest absolute Gasteiger partial charge is 0.281 e. The van der Waals surface area contributed by atoms with Crippen molar-refractivity contribution < 1.29 is 18.7 Å². The summed E-state index contributed by atoms with van der Waals surface area (Å²) in [5, 5.41) is 15.3. The number of anilines is 1. The lowest BCUT2D eigenvalue weighted by Crippen LogP contribution is -2.38. The Hall–Kier alpha value is -2.99. The highest BCUT2D eigenvalue weighted by atomic mass is 32.2. The fourth-order valence-electron chi connectivity index (χ4n) is 3.34. The molecule has 9 nitrogen and oxygen atoms in total. The Bertz CT molecular complexity index is 1130. The summed E-state index contributed by atoms with van der Waals surface area (Å²) in [7, 11) is 1.43. The fraction of sp³-hybridized carbons (Fsp3) is 0.381. The van der Waals surface area contributed by atoms with Gasteiger partial charge in [-0.2, -0.15) is 5.10 Å². The maximum atomic E-state index is 13.2. The molecular weight excluding hydrogens is 467 g/mol. The van der Waals surface area contributed by atoms with E-state index in [9.17, 15) is 14.0 Å². The van der Waals surface area contributed by atoms with E-state index in [1.54, 1.807) is 12.1 Å². The molecule has 3 aromatic rings. The number of ether oxygens (including phenoxy) is 1. The Balaban J connectivity index is 1.36. The van der Waals surface area contributed by atoms with Crippen LogP contribution in [0.3, 0.4) is 0 Å². The quantitative estimate of drug-likeness (QED) is 0.400. The monoisotopic (exact) mass is 490 g/mol. The minimum Gasteiger partial charge on any atom is -0.493 e. The van der Waals surface area contributed by atoms with E-state index in [1.165, 1.54) is 53.2 Å². The summed E-state index contributed by atoms with van der Waals surface area (Å²) in [5.74, 6) is 0.414. The summed E-state index contributed by atoms with van der Waals surface area (Å²) in [6.45, 7) is 3.80. The van der Waals surface area contributed by atoms with Gasteiger partial charge in [-0.1, -0.05) is 30.0 Å². The third-order valence-electron chi connectivity index (χ3n) is 5.29. The number of nitrogens with one attached hydrogen (secondary N) is 1. The molecule has 0 aliphatic carbocycles. The number of nitrogens with zero attached hydrogens (tertiary/aromatic N) is 5. The van der Waals surface area contributed by atoms with Gasteiger partial charge in [0.25, 0.3) is 5.91 Å². The number of carbonyl (C=O) groups excluding carboxylic acids is 2. The van der Waals surface area contributed by atoms with Gasteiger partial charge in [0.05, 0.1) is 24.7 Å². The van der Waals surface area contributed by atoms with Crippen LogP contribution in [0.4, 0.5) is 9.52 Å². The van der Waals surface area contributed by atoms with E-state index in [2.05, 4.69) is 27.5 Å². The molecule has 0 spiro atoms. The molecule has 174 valence electrons. The molecule has 1 fully saturated rings. The first-order chi connectivity index (χ1) is 15.9.